The van der Waals surface area contributed by atoms with Gasteiger partial charge in [-0.1, -0.05) is 35.6 Å². The number of rotatable bonds is 4. The predicted molar refractivity (Wildman–Crippen MR) is 122 cm³/mol. The monoisotopic (exact) mass is 427 g/mol. The summed E-state index contributed by atoms with van der Waals surface area (Å²) >= 11 is 1.40. The first-order valence-electron chi connectivity index (χ1n) is 9.70. The van der Waals surface area contributed by atoms with Crippen molar-refractivity contribution in [2.45, 2.75) is 13.5 Å². The smallest absolute Gasteiger partial charge is 0.267 e. The van der Waals surface area contributed by atoms with E-state index in [0.29, 0.717) is 21.8 Å². The number of para-hydroxylation sites is 1. The molecular weight excluding hydrogens is 410 g/mol. The molecule has 2 aromatic carbocycles. The number of fused-ring (bicyclic) bond motifs is 2. The van der Waals surface area contributed by atoms with E-state index in [1.54, 1.807) is 30.5 Å². The van der Waals surface area contributed by atoms with E-state index >= 15 is 0 Å². The molecule has 5 rings (SSSR count). The van der Waals surface area contributed by atoms with Gasteiger partial charge in [0.25, 0.3) is 5.91 Å². The molecule has 5 aromatic rings. The largest absolute Gasteiger partial charge is 0.463 e. The number of carbonyl (C=O) groups is 1. The molecule has 31 heavy (non-hydrogen) atoms. The molecule has 0 radical (unpaired) electrons. The van der Waals surface area contributed by atoms with Crippen LogP contribution in [0.4, 0.5) is 5.13 Å². The van der Waals surface area contributed by atoms with Crippen LogP contribution < -0.4 is 10.3 Å². The molecule has 0 saturated heterocycles. The number of thiazole rings is 1. The number of aryl methyl sites for hydroxylation is 1. The Bertz CT molecular complexity index is 1470. The predicted octanol–water partition coefficient (Wildman–Crippen LogP) is 4.95. The molecule has 3 aromatic heterocycles. The highest BCUT2D eigenvalue weighted by Gasteiger charge is 2.25. The first-order chi connectivity index (χ1) is 15.1. The van der Waals surface area contributed by atoms with Crippen molar-refractivity contribution in [3.8, 4) is 0 Å². The molecule has 0 spiro atoms. The molecule has 0 aliphatic carbocycles. The van der Waals surface area contributed by atoms with Crippen LogP contribution in [0.3, 0.4) is 0 Å². The molecule has 0 unspecified atom stereocenters. The summed E-state index contributed by atoms with van der Waals surface area (Å²) in [6.07, 6.45) is 2.90. The molecule has 1 amide bonds. The van der Waals surface area contributed by atoms with Gasteiger partial charge in [-0.05, 0) is 48.9 Å². The number of hydrogen-bond acceptors (Lipinski definition) is 6. The summed E-state index contributed by atoms with van der Waals surface area (Å²) in [5.74, 6) is -0.471. The Morgan fingerprint density at radius 2 is 1.94 bits per heavy atom. The maximum Gasteiger partial charge on any atom is 0.267 e. The molecular formula is C24H17N3O3S. The number of nitrogens with zero attached hydrogens (tertiary/aromatic N) is 3. The molecule has 7 heteroatoms. The Labute approximate surface area is 181 Å². The zero-order chi connectivity index (χ0) is 21.4. The quantitative estimate of drug-likeness (QED) is 0.405. The Kier molecular flexibility index (Phi) is 4.80. The Morgan fingerprint density at radius 3 is 2.77 bits per heavy atom. The van der Waals surface area contributed by atoms with E-state index in [2.05, 4.69) is 9.97 Å². The summed E-state index contributed by atoms with van der Waals surface area (Å²) in [7, 11) is 0. The highest BCUT2D eigenvalue weighted by Crippen LogP contribution is 2.31. The second-order valence-corrected chi connectivity index (χ2v) is 8.16. The summed E-state index contributed by atoms with van der Waals surface area (Å²) in [6.45, 7) is 2.20. The lowest BCUT2D eigenvalue weighted by molar-refractivity contribution is 0.0982. The van der Waals surface area contributed by atoms with E-state index in [-0.39, 0.29) is 17.5 Å². The lowest BCUT2D eigenvalue weighted by atomic mass is 10.1. The van der Waals surface area contributed by atoms with Crippen molar-refractivity contribution in [1.82, 2.24) is 9.97 Å². The SMILES string of the molecule is Cc1ccc2nc(N(Cc3ccccn3)C(=O)c3coc4ccccc4c3=O)sc2c1. The third kappa shape index (κ3) is 3.60. The zero-order valence-electron chi connectivity index (χ0n) is 16.6. The number of aromatic nitrogens is 2. The molecule has 0 bridgehead atoms. The van der Waals surface area contributed by atoms with Crippen LogP contribution in [-0.4, -0.2) is 15.9 Å². The highest BCUT2D eigenvalue weighted by molar-refractivity contribution is 7.22. The zero-order valence-corrected chi connectivity index (χ0v) is 17.4. The molecule has 0 atom stereocenters. The van der Waals surface area contributed by atoms with Crippen molar-refractivity contribution in [3.63, 3.8) is 0 Å². The number of amides is 1. The standard InChI is InChI=1S/C24H17N3O3S/c1-15-9-10-19-21(12-15)31-24(26-19)27(13-16-6-4-5-11-25-16)23(29)18-14-30-20-8-3-2-7-17(20)22(18)28/h2-12,14H,13H2,1H3. The van der Waals surface area contributed by atoms with E-state index in [1.807, 2.05) is 43.3 Å². The first kappa shape index (κ1) is 19.1. The van der Waals surface area contributed by atoms with Crippen molar-refractivity contribution in [1.29, 1.82) is 0 Å². The van der Waals surface area contributed by atoms with E-state index in [0.717, 1.165) is 15.8 Å². The maximum absolute atomic E-state index is 13.6. The van der Waals surface area contributed by atoms with Gasteiger partial charge in [-0.15, -0.1) is 0 Å². The van der Waals surface area contributed by atoms with Gasteiger partial charge < -0.3 is 4.42 Å². The van der Waals surface area contributed by atoms with Gasteiger partial charge in [0.15, 0.2) is 5.13 Å². The van der Waals surface area contributed by atoms with Crippen molar-refractivity contribution in [3.05, 3.63) is 100 Å². The summed E-state index contributed by atoms with van der Waals surface area (Å²) in [4.78, 5) is 37.1. The second-order valence-electron chi connectivity index (χ2n) is 7.15. The van der Waals surface area contributed by atoms with Crippen LogP contribution in [0.15, 0.2) is 82.3 Å². The molecule has 0 saturated carbocycles. The van der Waals surface area contributed by atoms with Gasteiger partial charge in [0.1, 0.15) is 17.4 Å². The normalized spacial score (nSPS) is 11.1. The van der Waals surface area contributed by atoms with E-state index in [1.165, 1.54) is 22.5 Å². The number of pyridine rings is 1. The molecule has 0 fully saturated rings. The van der Waals surface area contributed by atoms with Crippen LogP contribution >= 0.6 is 11.3 Å². The van der Waals surface area contributed by atoms with Crippen molar-refractivity contribution in [2.24, 2.45) is 0 Å². The fraction of sp³-hybridized carbons (Fsp3) is 0.0833. The van der Waals surface area contributed by atoms with Gasteiger partial charge in [0, 0.05) is 6.20 Å². The summed E-state index contributed by atoms with van der Waals surface area (Å²) < 4.78 is 6.55. The minimum atomic E-state index is -0.471. The highest BCUT2D eigenvalue weighted by atomic mass is 32.1. The molecule has 152 valence electrons. The molecule has 6 nitrogen and oxygen atoms in total. The topological polar surface area (TPSA) is 76.3 Å². The van der Waals surface area contributed by atoms with Crippen molar-refractivity contribution >= 4 is 43.6 Å². The first-order valence-corrected chi connectivity index (χ1v) is 10.5. The van der Waals surface area contributed by atoms with Crippen LogP contribution in [0.2, 0.25) is 0 Å². The van der Waals surface area contributed by atoms with E-state index < -0.39 is 5.91 Å². The van der Waals surface area contributed by atoms with Gasteiger partial charge in [-0.25, -0.2) is 4.98 Å². The number of anilines is 1. The lowest BCUT2D eigenvalue weighted by Crippen LogP contribution is -2.34. The van der Waals surface area contributed by atoms with Gasteiger partial charge in [0.2, 0.25) is 5.43 Å². The van der Waals surface area contributed by atoms with Gasteiger partial charge in [-0.2, -0.15) is 0 Å². The van der Waals surface area contributed by atoms with Crippen LogP contribution in [0.5, 0.6) is 0 Å². The Balaban J connectivity index is 1.63. The fourth-order valence-corrected chi connectivity index (χ4v) is 4.45. The minimum Gasteiger partial charge on any atom is -0.463 e. The van der Waals surface area contributed by atoms with Gasteiger partial charge in [-0.3, -0.25) is 19.5 Å². The Morgan fingerprint density at radius 1 is 1.10 bits per heavy atom. The van der Waals surface area contributed by atoms with Crippen molar-refractivity contribution in [2.75, 3.05) is 4.90 Å². The number of hydrogen-bond donors (Lipinski definition) is 0. The van der Waals surface area contributed by atoms with E-state index in [4.69, 9.17) is 4.42 Å². The molecule has 0 aliphatic rings. The van der Waals surface area contributed by atoms with Crippen molar-refractivity contribution < 1.29 is 9.21 Å². The van der Waals surface area contributed by atoms with Gasteiger partial charge in [0.05, 0.1) is 27.8 Å². The fourth-order valence-electron chi connectivity index (χ4n) is 3.39. The van der Waals surface area contributed by atoms with Crippen LogP contribution in [-0.2, 0) is 6.54 Å². The van der Waals surface area contributed by atoms with Crippen LogP contribution in [0, 0.1) is 6.92 Å². The summed E-state index contributed by atoms with van der Waals surface area (Å²) in [5, 5.41) is 0.870. The third-order valence-corrected chi connectivity index (χ3v) is 6.01. The number of carbonyl (C=O) groups excluding carboxylic acids is 1. The lowest BCUT2D eigenvalue weighted by Gasteiger charge is -2.19. The Hall–Kier alpha value is -3.84. The van der Waals surface area contributed by atoms with Crippen LogP contribution in [0.25, 0.3) is 21.2 Å². The summed E-state index contributed by atoms with van der Waals surface area (Å²) in [5.41, 5.74) is 2.64. The van der Waals surface area contributed by atoms with E-state index in [9.17, 15) is 9.59 Å². The molecule has 3 heterocycles. The third-order valence-electron chi connectivity index (χ3n) is 4.97. The average Bonchev–Trinajstić information content (AvgIpc) is 3.21. The minimum absolute atomic E-state index is 0.0370. The number of benzene rings is 2. The molecule has 0 N–H and O–H groups in total. The van der Waals surface area contributed by atoms with Crippen LogP contribution in [0.1, 0.15) is 21.6 Å². The second kappa shape index (κ2) is 7.77. The van der Waals surface area contributed by atoms with Gasteiger partial charge >= 0.3 is 0 Å². The molecule has 0 aliphatic heterocycles. The average molecular weight is 427 g/mol. The summed E-state index contributed by atoms with van der Waals surface area (Å²) in [6, 6.07) is 18.3. The maximum atomic E-state index is 13.6.